The molecule has 11 heteroatoms. The minimum atomic E-state index is -1.74. The van der Waals surface area contributed by atoms with E-state index >= 15 is 0 Å². The molecule has 146 valence electrons. The Bertz CT molecular complexity index is 707. The van der Waals surface area contributed by atoms with Crippen molar-refractivity contribution in [3.63, 3.8) is 0 Å². The van der Waals surface area contributed by atoms with Crippen molar-refractivity contribution in [3.05, 3.63) is 35.9 Å². The van der Waals surface area contributed by atoms with E-state index in [0.29, 0.717) is 5.56 Å². The van der Waals surface area contributed by atoms with Crippen molar-refractivity contribution in [2.45, 2.75) is 31.5 Å². The molecule has 2 atom stereocenters. The molecule has 0 aromatic heterocycles. The smallest absolute Gasteiger partial charge is 0.408 e. The summed E-state index contributed by atoms with van der Waals surface area (Å²) in [5.74, 6) is -5.07. The van der Waals surface area contributed by atoms with Gasteiger partial charge in [-0.2, -0.15) is 0 Å². The van der Waals surface area contributed by atoms with Gasteiger partial charge in [-0.15, -0.1) is 0 Å². The summed E-state index contributed by atoms with van der Waals surface area (Å²) in [5.41, 5.74) is 5.70. The quantitative estimate of drug-likeness (QED) is 0.348. The minimum absolute atomic E-state index is 0.103. The van der Waals surface area contributed by atoms with Crippen LogP contribution in [-0.2, 0) is 30.5 Å². The van der Waals surface area contributed by atoms with Crippen molar-refractivity contribution < 1.29 is 38.9 Å². The average molecular weight is 381 g/mol. The Kier molecular flexibility index (Phi) is 8.23. The first kappa shape index (κ1) is 21.4. The maximum absolute atomic E-state index is 12.1. The zero-order valence-electron chi connectivity index (χ0n) is 14.1. The molecule has 6 N–H and O–H groups in total. The first-order valence-electron chi connectivity index (χ1n) is 7.69. The van der Waals surface area contributed by atoms with E-state index in [1.165, 1.54) is 0 Å². The van der Waals surface area contributed by atoms with Crippen molar-refractivity contribution in [2.24, 2.45) is 5.73 Å². The summed E-state index contributed by atoms with van der Waals surface area (Å²) in [4.78, 5) is 56.8. The highest BCUT2D eigenvalue weighted by atomic mass is 16.5. The zero-order chi connectivity index (χ0) is 20.4. The molecule has 0 heterocycles. The lowest BCUT2D eigenvalue weighted by Crippen LogP contribution is -2.53. The van der Waals surface area contributed by atoms with Crippen LogP contribution in [0.4, 0.5) is 4.79 Å². The van der Waals surface area contributed by atoms with Gasteiger partial charge in [-0.1, -0.05) is 30.3 Å². The number of ether oxygens (including phenoxy) is 1. The van der Waals surface area contributed by atoms with Crippen molar-refractivity contribution in [1.29, 1.82) is 0 Å². The third-order valence-corrected chi connectivity index (χ3v) is 3.22. The maximum atomic E-state index is 12.1. The molecule has 0 aliphatic carbocycles. The number of carbonyl (C=O) groups excluding carboxylic acids is 3. The van der Waals surface area contributed by atoms with Crippen LogP contribution in [0.1, 0.15) is 18.4 Å². The molecule has 1 aromatic rings. The lowest BCUT2D eigenvalue weighted by molar-refractivity contribution is -0.147. The molecule has 1 rings (SSSR count). The van der Waals surface area contributed by atoms with Crippen LogP contribution in [0.2, 0.25) is 0 Å². The number of aliphatic carboxylic acids is 2. The molecule has 27 heavy (non-hydrogen) atoms. The maximum Gasteiger partial charge on any atom is 0.408 e. The van der Waals surface area contributed by atoms with Crippen LogP contribution in [0, 0.1) is 0 Å². The first-order chi connectivity index (χ1) is 12.7. The number of hydrogen-bond donors (Lipinski definition) is 5. The van der Waals surface area contributed by atoms with Gasteiger partial charge in [-0.05, 0) is 5.56 Å². The molecule has 0 bridgehead atoms. The van der Waals surface area contributed by atoms with Gasteiger partial charge in [-0.25, -0.2) is 9.59 Å². The summed E-state index contributed by atoms with van der Waals surface area (Å²) < 4.78 is 4.91. The normalized spacial score (nSPS) is 12.3. The number of carboxylic acid groups (broad SMARTS) is 2. The van der Waals surface area contributed by atoms with E-state index in [4.69, 9.17) is 20.7 Å². The van der Waals surface area contributed by atoms with Gasteiger partial charge in [0.05, 0.1) is 12.8 Å². The fourth-order valence-corrected chi connectivity index (χ4v) is 1.96. The minimum Gasteiger partial charge on any atom is -0.481 e. The van der Waals surface area contributed by atoms with Gasteiger partial charge in [0, 0.05) is 0 Å². The third-order valence-electron chi connectivity index (χ3n) is 3.22. The van der Waals surface area contributed by atoms with Crippen LogP contribution in [-0.4, -0.2) is 52.1 Å². The standard InChI is InChI=1S/C16H19N3O8/c17-12(20)6-10(14(23)18-11(15(24)25)7-13(21)22)19-16(26)27-8-9-4-2-1-3-5-9/h1-5,10-11H,6-8H2,(H2,17,20)(H,18,23)(H,19,26)(H,21,22)(H,24,25)/t10-,11-/m0/s1. The van der Waals surface area contributed by atoms with Gasteiger partial charge in [0.2, 0.25) is 11.8 Å². The summed E-state index contributed by atoms with van der Waals surface area (Å²) in [6.07, 6.45) is -2.56. The number of alkyl carbamates (subject to hydrolysis) is 1. The van der Waals surface area contributed by atoms with Crippen molar-refractivity contribution in [2.75, 3.05) is 0 Å². The van der Waals surface area contributed by atoms with Crippen LogP contribution in [0.5, 0.6) is 0 Å². The second kappa shape index (κ2) is 10.4. The highest BCUT2D eigenvalue weighted by molar-refractivity contribution is 5.93. The number of carboxylic acids is 2. The van der Waals surface area contributed by atoms with Gasteiger partial charge < -0.3 is 31.3 Å². The Morgan fingerprint density at radius 1 is 0.963 bits per heavy atom. The third kappa shape index (κ3) is 8.34. The predicted molar refractivity (Wildman–Crippen MR) is 89.2 cm³/mol. The number of benzene rings is 1. The second-order valence-electron chi connectivity index (χ2n) is 5.43. The lowest BCUT2D eigenvalue weighted by Gasteiger charge is -2.19. The van der Waals surface area contributed by atoms with E-state index in [1.807, 2.05) is 5.32 Å². The van der Waals surface area contributed by atoms with Gasteiger partial charge in [0.1, 0.15) is 18.7 Å². The summed E-state index contributed by atoms with van der Waals surface area (Å²) >= 11 is 0. The number of hydrogen-bond acceptors (Lipinski definition) is 6. The Morgan fingerprint density at radius 3 is 2.11 bits per heavy atom. The monoisotopic (exact) mass is 381 g/mol. The van der Waals surface area contributed by atoms with Crippen LogP contribution in [0.3, 0.4) is 0 Å². The summed E-state index contributed by atoms with van der Waals surface area (Å²) in [6, 6.07) is 5.36. The van der Waals surface area contributed by atoms with Gasteiger partial charge in [0.15, 0.2) is 0 Å². The predicted octanol–water partition coefficient (Wildman–Crippen LogP) is -0.799. The molecule has 0 aliphatic rings. The van der Waals surface area contributed by atoms with E-state index < -0.39 is 54.8 Å². The van der Waals surface area contributed by atoms with Crippen molar-refractivity contribution in [3.8, 4) is 0 Å². The molecular weight excluding hydrogens is 362 g/mol. The summed E-state index contributed by atoms with van der Waals surface area (Å²) in [5, 5.41) is 21.7. The molecule has 0 spiro atoms. The van der Waals surface area contributed by atoms with Crippen LogP contribution in [0.25, 0.3) is 0 Å². The highest BCUT2D eigenvalue weighted by Gasteiger charge is 2.29. The van der Waals surface area contributed by atoms with Gasteiger partial charge in [-0.3, -0.25) is 14.4 Å². The van der Waals surface area contributed by atoms with Crippen LogP contribution in [0.15, 0.2) is 30.3 Å². The summed E-state index contributed by atoms with van der Waals surface area (Å²) in [7, 11) is 0. The van der Waals surface area contributed by atoms with Crippen LogP contribution < -0.4 is 16.4 Å². The van der Waals surface area contributed by atoms with Gasteiger partial charge in [0.25, 0.3) is 0 Å². The number of carbonyl (C=O) groups is 5. The van der Waals surface area contributed by atoms with Crippen LogP contribution >= 0.6 is 0 Å². The Morgan fingerprint density at radius 2 is 1.59 bits per heavy atom. The molecule has 3 amide bonds. The van der Waals surface area contributed by atoms with E-state index in [9.17, 15) is 24.0 Å². The van der Waals surface area contributed by atoms with Crippen molar-refractivity contribution in [1.82, 2.24) is 10.6 Å². The molecule has 0 radical (unpaired) electrons. The molecular formula is C16H19N3O8. The lowest BCUT2D eigenvalue weighted by atomic mass is 10.1. The van der Waals surface area contributed by atoms with E-state index in [-0.39, 0.29) is 6.61 Å². The number of nitrogens with one attached hydrogen (secondary N) is 2. The molecule has 0 fully saturated rings. The fraction of sp³-hybridized carbons (Fsp3) is 0.312. The molecule has 0 saturated carbocycles. The number of amides is 3. The molecule has 0 saturated heterocycles. The average Bonchev–Trinajstić information content (AvgIpc) is 2.58. The number of rotatable bonds is 10. The topological polar surface area (TPSA) is 185 Å². The summed E-state index contributed by atoms with van der Waals surface area (Å²) in [6.45, 7) is -0.103. The molecule has 1 aromatic carbocycles. The second-order valence-corrected chi connectivity index (χ2v) is 5.43. The molecule has 11 nitrogen and oxygen atoms in total. The number of primary amides is 1. The van der Waals surface area contributed by atoms with E-state index in [0.717, 1.165) is 0 Å². The fourth-order valence-electron chi connectivity index (χ4n) is 1.96. The van der Waals surface area contributed by atoms with E-state index in [1.54, 1.807) is 30.3 Å². The Balaban J connectivity index is 2.71. The molecule has 0 unspecified atom stereocenters. The SMILES string of the molecule is NC(=O)C[C@H](NC(=O)OCc1ccccc1)C(=O)N[C@@H](CC(=O)O)C(=O)O. The largest absolute Gasteiger partial charge is 0.481 e. The zero-order valence-corrected chi connectivity index (χ0v) is 14.1. The Hall–Kier alpha value is -3.63. The van der Waals surface area contributed by atoms with Crippen molar-refractivity contribution >= 4 is 29.8 Å². The molecule has 0 aliphatic heterocycles. The highest BCUT2D eigenvalue weighted by Crippen LogP contribution is 2.02. The first-order valence-corrected chi connectivity index (χ1v) is 7.69. The Labute approximate surface area is 153 Å². The number of nitrogens with two attached hydrogens (primary N) is 1. The van der Waals surface area contributed by atoms with E-state index in [2.05, 4.69) is 5.32 Å². The van der Waals surface area contributed by atoms with Gasteiger partial charge >= 0.3 is 18.0 Å².